The highest BCUT2D eigenvalue weighted by Gasteiger charge is 2.41. The first-order chi connectivity index (χ1) is 8.48. The van der Waals surface area contributed by atoms with Gasteiger partial charge in [0, 0.05) is 19.1 Å². The maximum atomic E-state index is 10.8. The summed E-state index contributed by atoms with van der Waals surface area (Å²) in [5.41, 5.74) is 0.101. The SMILES string of the molecule is CC1CC(O)(CC(=O)O)CN1Cc1ccccc1. The number of benzene rings is 1. The van der Waals surface area contributed by atoms with Crippen molar-refractivity contribution >= 4 is 5.97 Å². The van der Waals surface area contributed by atoms with E-state index in [1.807, 2.05) is 37.3 Å². The molecule has 1 fully saturated rings. The van der Waals surface area contributed by atoms with E-state index in [1.54, 1.807) is 0 Å². The largest absolute Gasteiger partial charge is 0.481 e. The van der Waals surface area contributed by atoms with Crippen molar-refractivity contribution in [3.05, 3.63) is 35.9 Å². The number of rotatable bonds is 4. The highest BCUT2D eigenvalue weighted by atomic mass is 16.4. The summed E-state index contributed by atoms with van der Waals surface area (Å²) in [6.45, 7) is 3.21. The third-order valence-corrected chi connectivity index (χ3v) is 3.50. The van der Waals surface area contributed by atoms with Gasteiger partial charge >= 0.3 is 5.97 Å². The van der Waals surface area contributed by atoms with Gasteiger partial charge in [-0.2, -0.15) is 0 Å². The number of β-amino-alcohol motifs (C(OH)–C–C–N with tert-alkyl or cyclic N) is 1. The van der Waals surface area contributed by atoms with E-state index in [2.05, 4.69) is 4.90 Å². The lowest BCUT2D eigenvalue weighted by molar-refractivity contribution is -0.142. The van der Waals surface area contributed by atoms with Crippen LogP contribution in [0.3, 0.4) is 0 Å². The molecule has 18 heavy (non-hydrogen) atoms. The molecular formula is C14H19NO3. The molecule has 0 aromatic heterocycles. The molecule has 1 aliphatic rings. The van der Waals surface area contributed by atoms with Crippen molar-refractivity contribution < 1.29 is 15.0 Å². The Morgan fingerprint density at radius 3 is 2.72 bits per heavy atom. The van der Waals surface area contributed by atoms with Crippen LogP contribution in [-0.2, 0) is 11.3 Å². The fourth-order valence-corrected chi connectivity index (χ4v) is 2.72. The van der Waals surface area contributed by atoms with E-state index in [9.17, 15) is 9.90 Å². The molecular weight excluding hydrogens is 230 g/mol. The van der Waals surface area contributed by atoms with Crippen LogP contribution in [-0.4, -0.2) is 39.3 Å². The summed E-state index contributed by atoms with van der Waals surface area (Å²) in [7, 11) is 0. The molecule has 2 rings (SSSR count). The average molecular weight is 249 g/mol. The topological polar surface area (TPSA) is 60.8 Å². The van der Waals surface area contributed by atoms with Crippen LogP contribution in [0.1, 0.15) is 25.3 Å². The number of nitrogens with zero attached hydrogens (tertiary/aromatic N) is 1. The first-order valence-electron chi connectivity index (χ1n) is 6.21. The lowest BCUT2D eigenvalue weighted by atomic mass is 9.97. The molecule has 2 atom stereocenters. The van der Waals surface area contributed by atoms with Gasteiger partial charge in [0.25, 0.3) is 0 Å². The van der Waals surface area contributed by atoms with Gasteiger partial charge in [0.15, 0.2) is 0 Å². The summed E-state index contributed by atoms with van der Waals surface area (Å²) >= 11 is 0. The molecule has 4 heteroatoms. The van der Waals surface area contributed by atoms with E-state index in [1.165, 1.54) is 5.56 Å². The predicted molar refractivity (Wildman–Crippen MR) is 68.1 cm³/mol. The van der Waals surface area contributed by atoms with Crippen molar-refractivity contribution in [2.45, 2.75) is 38.0 Å². The van der Waals surface area contributed by atoms with Crippen LogP contribution in [0.15, 0.2) is 30.3 Å². The molecule has 0 bridgehead atoms. The Kier molecular flexibility index (Phi) is 3.68. The van der Waals surface area contributed by atoms with Gasteiger partial charge in [-0.05, 0) is 18.9 Å². The molecule has 98 valence electrons. The van der Waals surface area contributed by atoms with Gasteiger partial charge < -0.3 is 10.2 Å². The maximum absolute atomic E-state index is 10.8. The van der Waals surface area contributed by atoms with Crippen LogP contribution in [0.4, 0.5) is 0 Å². The number of aliphatic carboxylic acids is 1. The van der Waals surface area contributed by atoms with Gasteiger partial charge in [0.05, 0.1) is 12.0 Å². The Balaban J connectivity index is 2.01. The van der Waals surface area contributed by atoms with E-state index in [4.69, 9.17) is 5.11 Å². The van der Waals surface area contributed by atoms with Crippen LogP contribution in [0.2, 0.25) is 0 Å². The van der Waals surface area contributed by atoms with Gasteiger partial charge in [0.2, 0.25) is 0 Å². The van der Waals surface area contributed by atoms with Crippen molar-refractivity contribution in [3.8, 4) is 0 Å². The lowest BCUT2D eigenvalue weighted by Crippen LogP contribution is -2.35. The van der Waals surface area contributed by atoms with Crippen LogP contribution in [0.5, 0.6) is 0 Å². The molecule has 0 aliphatic carbocycles. The Morgan fingerprint density at radius 2 is 2.11 bits per heavy atom. The van der Waals surface area contributed by atoms with E-state index >= 15 is 0 Å². The second-order valence-corrected chi connectivity index (χ2v) is 5.24. The van der Waals surface area contributed by atoms with Gasteiger partial charge in [-0.1, -0.05) is 30.3 Å². The van der Waals surface area contributed by atoms with E-state index < -0.39 is 11.6 Å². The zero-order valence-corrected chi connectivity index (χ0v) is 10.5. The average Bonchev–Trinajstić information content (AvgIpc) is 2.53. The van der Waals surface area contributed by atoms with E-state index in [0.717, 1.165) is 6.54 Å². The smallest absolute Gasteiger partial charge is 0.306 e. The monoisotopic (exact) mass is 249 g/mol. The molecule has 2 unspecified atom stereocenters. The van der Waals surface area contributed by atoms with Crippen LogP contribution in [0.25, 0.3) is 0 Å². The molecule has 2 N–H and O–H groups in total. The first kappa shape index (κ1) is 13.1. The molecule has 0 radical (unpaired) electrons. The van der Waals surface area contributed by atoms with Gasteiger partial charge in [-0.15, -0.1) is 0 Å². The van der Waals surface area contributed by atoms with Crippen molar-refractivity contribution in [1.82, 2.24) is 4.90 Å². The summed E-state index contributed by atoms with van der Waals surface area (Å²) in [6.07, 6.45) is 0.342. The van der Waals surface area contributed by atoms with Crippen molar-refractivity contribution in [2.24, 2.45) is 0 Å². The number of carboxylic acid groups (broad SMARTS) is 1. The van der Waals surface area contributed by atoms with E-state index in [-0.39, 0.29) is 12.5 Å². The second-order valence-electron chi connectivity index (χ2n) is 5.24. The highest BCUT2D eigenvalue weighted by molar-refractivity contribution is 5.68. The van der Waals surface area contributed by atoms with Gasteiger partial charge in [-0.3, -0.25) is 9.69 Å². The fourth-order valence-electron chi connectivity index (χ4n) is 2.72. The van der Waals surface area contributed by atoms with Crippen LogP contribution in [0, 0.1) is 0 Å². The highest BCUT2D eigenvalue weighted by Crippen LogP contribution is 2.30. The summed E-state index contributed by atoms with van der Waals surface area (Å²) in [4.78, 5) is 12.9. The summed E-state index contributed by atoms with van der Waals surface area (Å²) in [5.74, 6) is -0.939. The number of aliphatic hydroxyl groups is 1. The minimum Gasteiger partial charge on any atom is -0.481 e. The fraction of sp³-hybridized carbons (Fsp3) is 0.500. The number of likely N-dealkylation sites (tertiary alicyclic amines) is 1. The quantitative estimate of drug-likeness (QED) is 0.848. The molecule has 1 saturated heterocycles. The maximum Gasteiger partial charge on any atom is 0.306 e. The summed E-state index contributed by atoms with van der Waals surface area (Å²) in [6, 6.07) is 10.2. The Hall–Kier alpha value is -1.39. The Bertz CT molecular complexity index is 420. The molecule has 0 saturated carbocycles. The third-order valence-electron chi connectivity index (χ3n) is 3.50. The summed E-state index contributed by atoms with van der Waals surface area (Å²) < 4.78 is 0. The lowest BCUT2D eigenvalue weighted by Gasteiger charge is -2.22. The van der Waals surface area contributed by atoms with Crippen molar-refractivity contribution in [1.29, 1.82) is 0 Å². The third kappa shape index (κ3) is 3.09. The minimum absolute atomic E-state index is 0.178. The number of carbonyl (C=O) groups is 1. The van der Waals surface area contributed by atoms with E-state index in [0.29, 0.717) is 13.0 Å². The molecule has 1 aromatic carbocycles. The number of carboxylic acids is 1. The van der Waals surface area contributed by atoms with Crippen molar-refractivity contribution in [3.63, 3.8) is 0 Å². The molecule has 1 aliphatic heterocycles. The van der Waals surface area contributed by atoms with Gasteiger partial charge in [0.1, 0.15) is 0 Å². The minimum atomic E-state index is -1.08. The van der Waals surface area contributed by atoms with Crippen LogP contribution < -0.4 is 0 Å². The zero-order valence-electron chi connectivity index (χ0n) is 10.5. The standard InChI is InChI=1S/C14H19NO3/c1-11-7-14(18,8-13(16)17)10-15(11)9-12-5-3-2-4-6-12/h2-6,11,18H,7-10H2,1H3,(H,16,17). The van der Waals surface area contributed by atoms with Gasteiger partial charge in [-0.25, -0.2) is 0 Å². The number of hydrogen-bond acceptors (Lipinski definition) is 3. The molecule has 0 spiro atoms. The van der Waals surface area contributed by atoms with Crippen molar-refractivity contribution in [2.75, 3.05) is 6.54 Å². The number of hydrogen-bond donors (Lipinski definition) is 2. The molecule has 4 nitrogen and oxygen atoms in total. The second kappa shape index (κ2) is 5.08. The Morgan fingerprint density at radius 1 is 1.44 bits per heavy atom. The van der Waals surface area contributed by atoms with Crippen LogP contribution >= 0.6 is 0 Å². The Labute approximate surface area is 107 Å². The first-order valence-corrected chi connectivity index (χ1v) is 6.21. The normalized spacial score (nSPS) is 28.4. The predicted octanol–water partition coefficient (Wildman–Crippen LogP) is 1.49. The zero-order chi connectivity index (χ0) is 13.2. The summed E-state index contributed by atoms with van der Waals surface area (Å²) in [5, 5.41) is 19.1. The molecule has 0 amide bonds. The molecule has 1 aromatic rings. The molecule has 1 heterocycles.